The zero-order valence-corrected chi connectivity index (χ0v) is 11.3. The number of hydrogen-bond donors (Lipinski definition) is 1. The zero-order valence-electron chi connectivity index (χ0n) is 11.3. The normalized spacial score (nSPS) is 30.6. The Kier molecular flexibility index (Phi) is 7.06. The molecule has 0 aromatic carbocycles. The Hall–Kier alpha value is -0.0800. The van der Waals surface area contributed by atoms with Crippen LogP contribution in [0.25, 0.3) is 0 Å². The summed E-state index contributed by atoms with van der Waals surface area (Å²) in [6.07, 6.45) is 6.80. The second-order valence-electron chi connectivity index (χ2n) is 5.36. The number of ether oxygens (including phenoxy) is 1. The molecular formula is C14H29NO. The minimum absolute atomic E-state index is 0.539. The molecule has 0 aliphatic heterocycles. The molecule has 1 aliphatic carbocycles. The van der Waals surface area contributed by atoms with Gasteiger partial charge >= 0.3 is 0 Å². The van der Waals surface area contributed by atoms with Crippen molar-refractivity contribution in [2.75, 3.05) is 19.7 Å². The molecule has 0 amide bonds. The van der Waals surface area contributed by atoms with Crippen LogP contribution in [-0.2, 0) is 4.74 Å². The Morgan fingerprint density at radius 1 is 1.12 bits per heavy atom. The van der Waals surface area contributed by atoms with Crippen molar-refractivity contribution in [1.82, 2.24) is 5.32 Å². The SMILES string of the molecule is CCCNCCCOC1CCC(C)C(C)C1. The maximum Gasteiger partial charge on any atom is 0.0577 e. The molecule has 0 heterocycles. The largest absolute Gasteiger partial charge is 0.378 e. The Bertz CT molecular complexity index is 172. The monoisotopic (exact) mass is 227 g/mol. The molecule has 0 aromatic heterocycles. The highest BCUT2D eigenvalue weighted by Crippen LogP contribution is 2.30. The summed E-state index contributed by atoms with van der Waals surface area (Å²) in [5.41, 5.74) is 0. The fourth-order valence-electron chi connectivity index (χ4n) is 2.40. The molecule has 2 heteroatoms. The lowest BCUT2D eigenvalue weighted by atomic mass is 9.80. The molecule has 96 valence electrons. The van der Waals surface area contributed by atoms with E-state index in [0.29, 0.717) is 6.10 Å². The van der Waals surface area contributed by atoms with Crippen LogP contribution in [0.15, 0.2) is 0 Å². The predicted molar refractivity (Wildman–Crippen MR) is 69.7 cm³/mol. The first-order valence-corrected chi connectivity index (χ1v) is 7.06. The second kappa shape index (κ2) is 8.08. The topological polar surface area (TPSA) is 21.3 Å². The summed E-state index contributed by atoms with van der Waals surface area (Å²) in [4.78, 5) is 0. The van der Waals surface area contributed by atoms with Crippen molar-refractivity contribution in [1.29, 1.82) is 0 Å². The molecular weight excluding hydrogens is 198 g/mol. The van der Waals surface area contributed by atoms with E-state index in [4.69, 9.17) is 4.74 Å². The Morgan fingerprint density at radius 3 is 2.62 bits per heavy atom. The van der Waals surface area contributed by atoms with Crippen LogP contribution in [0.4, 0.5) is 0 Å². The van der Waals surface area contributed by atoms with Gasteiger partial charge in [-0.3, -0.25) is 0 Å². The molecule has 0 spiro atoms. The minimum atomic E-state index is 0.539. The van der Waals surface area contributed by atoms with Gasteiger partial charge in [-0.25, -0.2) is 0 Å². The third kappa shape index (κ3) is 5.31. The number of hydrogen-bond acceptors (Lipinski definition) is 2. The van der Waals surface area contributed by atoms with Crippen molar-refractivity contribution in [2.45, 2.75) is 59.0 Å². The molecule has 1 rings (SSSR count). The summed E-state index contributed by atoms with van der Waals surface area (Å²) in [5, 5.41) is 3.41. The fraction of sp³-hybridized carbons (Fsp3) is 1.00. The van der Waals surface area contributed by atoms with Crippen LogP contribution >= 0.6 is 0 Å². The molecule has 1 N–H and O–H groups in total. The first kappa shape index (κ1) is 14.0. The van der Waals surface area contributed by atoms with E-state index in [2.05, 4.69) is 26.1 Å². The van der Waals surface area contributed by atoms with Gasteiger partial charge in [-0.15, -0.1) is 0 Å². The van der Waals surface area contributed by atoms with Crippen molar-refractivity contribution >= 4 is 0 Å². The van der Waals surface area contributed by atoms with Crippen LogP contribution in [0.5, 0.6) is 0 Å². The van der Waals surface area contributed by atoms with E-state index in [1.165, 1.54) is 25.7 Å². The summed E-state index contributed by atoms with van der Waals surface area (Å²) in [5.74, 6) is 1.74. The van der Waals surface area contributed by atoms with Gasteiger partial charge in [0.25, 0.3) is 0 Å². The lowest BCUT2D eigenvalue weighted by molar-refractivity contribution is 0.00184. The average molecular weight is 227 g/mol. The third-order valence-corrected chi connectivity index (χ3v) is 3.83. The quantitative estimate of drug-likeness (QED) is 0.674. The van der Waals surface area contributed by atoms with Crippen LogP contribution < -0.4 is 5.32 Å². The van der Waals surface area contributed by atoms with E-state index in [0.717, 1.165) is 38.0 Å². The van der Waals surface area contributed by atoms with Crippen molar-refractivity contribution in [3.63, 3.8) is 0 Å². The molecule has 0 saturated heterocycles. The highest BCUT2D eigenvalue weighted by Gasteiger charge is 2.24. The van der Waals surface area contributed by atoms with E-state index in [-0.39, 0.29) is 0 Å². The summed E-state index contributed by atoms with van der Waals surface area (Å²) in [6, 6.07) is 0. The summed E-state index contributed by atoms with van der Waals surface area (Å²) >= 11 is 0. The van der Waals surface area contributed by atoms with Gasteiger partial charge in [-0.2, -0.15) is 0 Å². The van der Waals surface area contributed by atoms with E-state index < -0.39 is 0 Å². The summed E-state index contributed by atoms with van der Waals surface area (Å²) in [6.45, 7) is 10.1. The van der Waals surface area contributed by atoms with Gasteiger partial charge in [0, 0.05) is 6.61 Å². The van der Waals surface area contributed by atoms with Crippen LogP contribution in [-0.4, -0.2) is 25.8 Å². The van der Waals surface area contributed by atoms with Gasteiger partial charge in [-0.05, 0) is 57.0 Å². The molecule has 2 nitrogen and oxygen atoms in total. The molecule has 0 bridgehead atoms. The van der Waals surface area contributed by atoms with Crippen molar-refractivity contribution in [2.24, 2.45) is 11.8 Å². The molecule has 0 aromatic rings. The van der Waals surface area contributed by atoms with Crippen LogP contribution in [0.3, 0.4) is 0 Å². The zero-order chi connectivity index (χ0) is 11.8. The van der Waals surface area contributed by atoms with Gasteiger partial charge in [0.15, 0.2) is 0 Å². The molecule has 1 saturated carbocycles. The Morgan fingerprint density at radius 2 is 1.94 bits per heavy atom. The van der Waals surface area contributed by atoms with E-state index in [9.17, 15) is 0 Å². The third-order valence-electron chi connectivity index (χ3n) is 3.83. The van der Waals surface area contributed by atoms with Gasteiger partial charge in [-0.1, -0.05) is 20.8 Å². The van der Waals surface area contributed by atoms with Crippen LogP contribution in [0, 0.1) is 11.8 Å². The lowest BCUT2D eigenvalue weighted by Crippen LogP contribution is -2.27. The predicted octanol–water partition coefficient (Wildman–Crippen LogP) is 3.22. The maximum atomic E-state index is 5.94. The lowest BCUT2D eigenvalue weighted by Gasteiger charge is -2.32. The van der Waals surface area contributed by atoms with Gasteiger partial charge < -0.3 is 10.1 Å². The molecule has 3 unspecified atom stereocenters. The average Bonchev–Trinajstić information content (AvgIpc) is 2.28. The number of rotatable bonds is 7. The molecule has 3 atom stereocenters. The van der Waals surface area contributed by atoms with Gasteiger partial charge in [0.2, 0.25) is 0 Å². The van der Waals surface area contributed by atoms with E-state index >= 15 is 0 Å². The van der Waals surface area contributed by atoms with Crippen molar-refractivity contribution in [3.05, 3.63) is 0 Å². The van der Waals surface area contributed by atoms with Crippen LogP contribution in [0.1, 0.15) is 52.9 Å². The van der Waals surface area contributed by atoms with Crippen molar-refractivity contribution in [3.8, 4) is 0 Å². The Balaban J connectivity index is 1.97. The standard InChI is InChI=1S/C14H29NO/c1-4-8-15-9-5-10-16-14-7-6-12(2)13(3)11-14/h12-15H,4-11H2,1-3H3. The van der Waals surface area contributed by atoms with Crippen LogP contribution in [0.2, 0.25) is 0 Å². The fourth-order valence-corrected chi connectivity index (χ4v) is 2.40. The van der Waals surface area contributed by atoms with E-state index in [1.54, 1.807) is 0 Å². The van der Waals surface area contributed by atoms with Gasteiger partial charge in [0.1, 0.15) is 0 Å². The molecule has 16 heavy (non-hydrogen) atoms. The van der Waals surface area contributed by atoms with Gasteiger partial charge in [0.05, 0.1) is 6.10 Å². The first-order chi connectivity index (χ1) is 7.74. The van der Waals surface area contributed by atoms with Crippen molar-refractivity contribution < 1.29 is 4.74 Å². The Labute approximate surface area is 101 Å². The molecule has 1 fully saturated rings. The molecule has 0 radical (unpaired) electrons. The minimum Gasteiger partial charge on any atom is -0.378 e. The second-order valence-corrected chi connectivity index (χ2v) is 5.36. The maximum absolute atomic E-state index is 5.94. The summed E-state index contributed by atoms with van der Waals surface area (Å²) in [7, 11) is 0. The van der Waals surface area contributed by atoms with E-state index in [1.807, 2.05) is 0 Å². The summed E-state index contributed by atoms with van der Waals surface area (Å²) < 4.78 is 5.94. The highest BCUT2D eigenvalue weighted by molar-refractivity contribution is 4.75. The number of nitrogens with one attached hydrogen (secondary N) is 1. The first-order valence-electron chi connectivity index (χ1n) is 7.06. The smallest absolute Gasteiger partial charge is 0.0577 e. The molecule has 1 aliphatic rings. The highest BCUT2D eigenvalue weighted by atomic mass is 16.5.